The van der Waals surface area contributed by atoms with Crippen LogP contribution in [0.4, 0.5) is 10.1 Å². The molecule has 2 amide bonds. The van der Waals surface area contributed by atoms with Gasteiger partial charge in [0.1, 0.15) is 5.82 Å². The first kappa shape index (κ1) is 14.2. The van der Waals surface area contributed by atoms with Crippen molar-refractivity contribution in [3.8, 4) is 0 Å². The van der Waals surface area contributed by atoms with Gasteiger partial charge in [-0.2, -0.15) is 0 Å². The Labute approximate surface area is 149 Å². The van der Waals surface area contributed by atoms with Gasteiger partial charge in [0, 0.05) is 11.6 Å². The van der Waals surface area contributed by atoms with Gasteiger partial charge in [-0.25, -0.2) is 4.39 Å². The van der Waals surface area contributed by atoms with Gasteiger partial charge in [0.2, 0.25) is 11.8 Å². The average Bonchev–Trinajstić information content (AvgIpc) is 3.26. The second-order valence-electron chi connectivity index (χ2n) is 7.51. The summed E-state index contributed by atoms with van der Waals surface area (Å²) in [7, 11) is 0. The molecule has 5 heteroatoms. The van der Waals surface area contributed by atoms with E-state index in [4.69, 9.17) is 0 Å². The molecule has 2 aliphatic carbocycles. The Kier molecular flexibility index (Phi) is 2.52. The highest BCUT2D eigenvalue weighted by Crippen LogP contribution is 2.57. The highest BCUT2D eigenvalue weighted by molar-refractivity contribution is 6.13. The van der Waals surface area contributed by atoms with Gasteiger partial charge in [-0.3, -0.25) is 14.9 Å². The van der Waals surface area contributed by atoms with Crippen molar-refractivity contribution in [2.45, 2.75) is 18.4 Å². The molecule has 6 rings (SSSR count). The van der Waals surface area contributed by atoms with E-state index in [0.717, 1.165) is 33.5 Å². The third-order valence-electron chi connectivity index (χ3n) is 6.34. The monoisotopic (exact) mass is 346 g/mol. The summed E-state index contributed by atoms with van der Waals surface area (Å²) >= 11 is 0. The number of carbonyl (C=O) groups excluding carboxylic acids is 2. The largest absolute Gasteiger partial charge is 0.378 e. The van der Waals surface area contributed by atoms with Crippen LogP contribution in [0, 0.1) is 17.7 Å². The van der Waals surface area contributed by atoms with Gasteiger partial charge in [-0.05, 0) is 52.5 Å². The molecule has 4 nitrogen and oxygen atoms in total. The molecule has 2 aliphatic heterocycles. The lowest BCUT2D eigenvalue weighted by molar-refractivity contribution is -0.126. The molecule has 1 fully saturated rings. The fraction of sp³-hybridized carbons (Fsp3) is 0.238. The molecule has 0 saturated carbocycles. The minimum absolute atomic E-state index is 0.0317. The van der Waals surface area contributed by atoms with Crippen LogP contribution in [0.15, 0.2) is 48.0 Å². The third-order valence-corrected chi connectivity index (χ3v) is 6.34. The first-order valence-electron chi connectivity index (χ1n) is 8.85. The number of imide groups is 1. The predicted molar refractivity (Wildman–Crippen MR) is 93.7 cm³/mol. The number of benzene rings is 2. The fourth-order valence-electron chi connectivity index (χ4n) is 5.41. The van der Waals surface area contributed by atoms with Crippen LogP contribution in [0.1, 0.15) is 22.6 Å². The van der Waals surface area contributed by atoms with Crippen LogP contribution >= 0.6 is 0 Å². The van der Waals surface area contributed by atoms with E-state index in [1.165, 1.54) is 12.1 Å². The molecular formula is C21H15FN2O2. The van der Waals surface area contributed by atoms with Crippen LogP contribution in [0.25, 0.3) is 5.57 Å². The summed E-state index contributed by atoms with van der Waals surface area (Å²) in [6.45, 7) is 0. The van der Waals surface area contributed by atoms with E-state index in [2.05, 4.69) is 10.6 Å². The van der Waals surface area contributed by atoms with E-state index in [-0.39, 0.29) is 29.6 Å². The molecule has 2 N–H and O–H groups in total. The van der Waals surface area contributed by atoms with E-state index >= 15 is 0 Å². The minimum Gasteiger partial charge on any atom is -0.378 e. The van der Waals surface area contributed by atoms with Crippen LogP contribution in [-0.4, -0.2) is 17.9 Å². The van der Waals surface area contributed by atoms with Crippen LogP contribution in [0.5, 0.6) is 0 Å². The Morgan fingerprint density at radius 2 is 1.85 bits per heavy atom. The number of hydrogen-bond donors (Lipinski definition) is 2. The average molecular weight is 346 g/mol. The number of rotatable bonds is 0. The van der Waals surface area contributed by atoms with Crippen molar-refractivity contribution in [1.82, 2.24) is 5.32 Å². The number of hydrogen-bond acceptors (Lipinski definition) is 3. The molecule has 0 aromatic heterocycles. The Morgan fingerprint density at radius 1 is 1.00 bits per heavy atom. The Hall–Kier alpha value is -2.95. The standard InChI is InChI=1S/C21H15FN2O2/c22-10-6-5-9-7-13-15(12(9)8-10)17-18(21(26)24-20(17)25)16-11-3-1-2-4-14(11)23-19(13)16/h1-6,8,16-19,23H,7H2,(H,24,25,26). The lowest BCUT2D eigenvalue weighted by atomic mass is 9.66. The van der Waals surface area contributed by atoms with E-state index in [1.54, 1.807) is 6.07 Å². The Bertz CT molecular complexity index is 1060. The summed E-state index contributed by atoms with van der Waals surface area (Å²) in [6, 6.07) is 12.7. The van der Waals surface area contributed by atoms with E-state index < -0.39 is 11.8 Å². The molecule has 26 heavy (non-hydrogen) atoms. The Morgan fingerprint density at radius 3 is 2.73 bits per heavy atom. The van der Waals surface area contributed by atoms with Crippen LogP contribution in [-0.2, 0) is 16.0 Å². The van der Waals surface area contributed by atoms with Gasteiger partial charge in [-0.15, -0.1) is 0 Å². The van der Waals surface area contributed by atoms with Crippen LogP contribution in [0.3, 0.4) is 0 Å². The van der Waals surface area contributed by atoms with Gasteiger partial charge in [0.05, 0.1) is 17.9 Å². The van der Waals surface area contributed by atoms with Crippen molar-refractivity contribution in [3.63, 3.8) is 0 Å². The summed E-state index contributed by atoms with van der Waals surface area (Å²) in [4.78, 5) is 25.4. The maximum absolute atomic E-state index is 13.9. The number of anilines is 1. The number of amides is 2. The van der Waals surface area contributed by atoms with E-state index in [1.807, 2.05) is 24.3 Å². The molecule has 2 aromatic carbocycles. The van der Waals surface area contributed by atoms with Crippen molar-refractivity contribution in [2.75, 3.05) is 5.32 Å². The van der Waals surface area contributed by atoms with Gasteiger partial charge in [0.15, 0.2) is 0 Å². The molecule has 1 saturated heterocycles. The highest BCUT2D eigenvalue weighted by atomic mass is 19.1. The van der Waals surface area contributed by atoms with Gasteiger partial charge in [0.25, 0.3) is 0 Å². The third kappa shape index (κ3) is 1.59. The number of para-hydroxylation sites is 1. The maximum Gasteiger partial charge on any atom is 0.234 e. The smallest absolute Gasteiger partial charge is 0.234 e. The summed E-state index contributed by atoms with van der Waals surface area (Å²) in [5, 5.41) is 6.09. The molecule has 0 radical (unpaired) electrons. The highest BCUT2D eigenvalue weighted by Gasteiger charge is 2.58. The van der Waals surface area contributed by atoms with Gasteiger partial charge in [-0.1, -0.05) is 24.3 Å². The van der Waals surface area contributed by atoms with E-state index in [9.17, 15) is 14.0 Å². The molecule has 0 spiro atoms. The lowest BCUT2D eigenvalue weighted by Crippen LogP contribution is -2.39. The fourth-order valence-corrected chi connectivity index (χ4v) is 5.41. The zero-order valence-electron chi connectivity index (χ0n) is 13.8. The van der Waals surface area contributed by atoms with Crippen LogP contribution in [0.2, 0.25) is 0 Å². The first-order chi connectivity index (χ1) is 12.6. The molecule has 128 valence electrons. The Balaban J connectivity index is 1.62. The summed E-state index contributed by atoms with van der Waals surface area (Å²) in [5.41, 5.74) is 5.90. The van der Waals surface area contributed by atoms with E-state index in [0.29, 0.717) is 6.42 Å². The van der Waals surface area contributed by atoms with Crippen LogP contribution < -0.4 is 10.6 Å². The molecule has 4 atom stereocenters. The zero-order chi connectivity index (χ0) is 17.6. The van der Waals surface area contributed by atoms with Gasteiger partial charge < -0.3 is 5.32 Å². The second kappa shape index (κ2) is 4.61. The quantitative estimate of drug-likeness (QED) is 0.721. The molecule has 2 heterocycles. The van der Waals surface area contributed by atoms with Crippen molar-refractivity contribution < 1.29 is 14.0 Å². The zero-order valence-corrected chi connectivity index (χ0v) is 13.8. The molecule has 4 aliphatic rings. The molecule has 0 bridgehead atoms. The number of halogens is 1. The summed E-state index contributed by atoms with van der Waals surface area (Å²) in [6.07, 6.45) is 0.692. The van der Waals surface area contributed by atoms with Crippen molar-refractivity contribution >= 4 is 23.1 Å². The van der Waals surface area contributed by atoms with Crippen molar-refractivity contribution in [1.29, 1.82) is 0 Å². The maximum atomic E-state index is 13.9. The number of carbonyl (C=O) groups is 2. The molecule has 4 unspecified atom stereocenters. The number of nitrogens with one attached hydrogen (secondary N) is 2. The van der Waals surface area contributed by atoms with Crippen molar-refractivity contribution in [3.05, 3.63) is 70.5 Å². The first-order valence-corrected chi connectivity index (χ1v) is 8.85. The predicted octanol–water partition coefficient (Wildman–Crippen LogP) is 2.62. The molecular weight excluding hydrogens is 331 g/mol. The molecule has 2 aromatic rings. The lowest BCUT2D eigenvalue weighted by Gasteiger charge is -2.35. The topological polar surface area (TPSA) is 58.2 Å². The summed E-state index contributed by atoms with van der Waals surface area (Å²) in [5.74, 6) is -1.84. The van der Waals surface area contributed by atoms with Gasteiger partial charge >= 0.3 is 0 Å². The number of fused-ring (bicyclic) bond motifs is 9. The minimum atomic E-state index is -0.533. The van der Waals surface area contributed by atoms with Crippen molar-refractivity contribution in [2.24, 2.45) is 11.8 Å². The summed E-state index contributed by atoms with van der Waals surface area (Å²) < 4.78 is 13.9. The SMILES string of the molecule is O=C1NC(=O)C2C1C1=C(Cc3ccc(F)cc31)C1Nc3ccccc3C12. The second-order valence-corrected chi connectivity index (χ2v) is 7.51. The normalized spacial score (nSPS) is 30.2.